The molecule has 3 aliphatic heterocycles. The van der Waals surface area contributed by atoms with Crippen LogP contribution in [0, 0.1) is 29.6 Å². The third-order valence-corrected chi connectivity index (χ3v) is 10.8. The van der Waals surface area contributed by atoms with Gasteiger partial charge in [0.15, 0.2) is 0 Å². The van der Waals surface area contributed by atoms with Gasteiger partial charge in [-0.15, -0.1) is 11.3 Å². The van der Waals surface area contributed by atoms with Gasteiger partial charge >= 0.3 is 0 Å². The number of amides is 3. The molecule has 52 heavy (non-hydrogen) atoms. The molecule has 4 aromatic rings. The Kier molecular flexibility index (Phi) is 9.52. The van der Waals surface area contributed by atoms with Crippen LogP contribution < -0.4 is 15.5 Å². The monoisotopic (exact) mass is 733 g/mol. The molecule has 0 radical (unpaired) electrons. The number of aliphatic imine (C=N–C) groups is 1. The summed E-state index contributed by atoms with van der Waals surface area (Å²) in [4.78, 5) is 45.9. The molecule has 0 bridgehead atoms. The fraction of sp³-hybridized carbons (Fsp3) is 0.289. The largest absolute Gasteiger partial charge is 0.385 e. The van der Waals surface area contributed by atoms with Crippen molar-refractivity contribution in [1.82, 2.24) is 20.0 Å². The van der Waals surface area contributed by atoms with Gasteiger partial charge in [0.25, 0.3) is 5.91 Å². The van der Waals surface area contributed by atoms with Gasteiger partial charge in [-0.1, -0.05) is 35.6 Å². The summed E-state index contributed by atoms with van der Waals surface area (Å²) in [6.07, 6.45) is 5.01. The molecule has 3 amide bonds. The van der Waals surface area contributed by atoms with Gasteiger partial charge in [0, 0.05) is 59.7 Å². The van der Waals surface area contributed by atoms with Crippen LogP contribution in [0.25, 0.3) is 0 Å². The minimum atomic E-state index is -0.634. The topological polar surface area (TPSA) is 160 Å². The SMILES string of the molecule is CC(=N)N1C(=N)[C@H](C)N=C(c2ccc(Cl)cc2)c2c1sc(C#Cc1cnn(CCCNc3ccc4c(c3)CN(C3CCC(=O)NC3=O)C4=O)c1)c2C. The maximum Gasteiger partial charge on any atom is 0.255 e. The number of fused-ring (bicyclic) bond motifs is 2. The number of amidine groups is 2. The maximum absolute atomic E-state index is 13.0. The van der Waals surface area contributed by atoms with E-state index in [0.29, 0.717) is 36.6 Å². The van der Waals surface area contributed by atoms with Crippen LogP contribution in [0.3, 0.4) is 0 Å². The van der Waals surface area contributed by atoms with Crippen LogP contribution in [0.4, 0.5) is 10.7 Å². The Morgan fingerprint density at radius 2 is 1.94 bits per heavy atom. The Morgan fingerprint density at radius 1 is 1.15 bits per heavy atom. The van der Waals surface area contributed by atoms with E-state index < -0.39 is 18.0 Å². The molecule has 4 N–H and O–H groups in total. The second-order valence-electron chi connectivity index (χ2n) is 13.0. The summed E-state index contributed by atoms with van der Waals surface area (Å²) in [7, 11) is 0. The van der Waals surface area contributed by atoms with Gasteiger partial charge in [0.2, 0.25) is 11.8 Å². The lowest BCUT2D eigenvalue weighted by atomic mass is 9.99. The van der Waals surface area contributed by atoms with Crippen molar-refractivity contribution in [3.05, 3.63) is 98.1 Å². The molecule has 7 rings (SSSR count). The molecule has 264 valence electrons. The van der Waals surface area contributed by atoms with E-state index in [2.05, 4.69) is 27.6 Å². The number of nitrogens with zero attached hydrogens (tertiary/aromatic N) is 5. The van der Waals surface area contributed by atoms with Gasteiger partial charge in [-0.25, -0.2) is 0 Å². The first-order valence-electron chi connectivity index (χ1n) is 17.0. The first kappa shape index (κ1) is 34.9. The zero-order valence-corrected chi connectivity index (χ0v) is 30.4. The lowest BCUT2D eigenvalue weighted by Gasteiger charge is -2.29. The van der Waals surface area contributed by atoms with Crippen LogP contribution in [0.5, 0.6) is 0 Å². The predicted molar refractivity (Wildman–Crippen MR) is 203 cm³/mol. The summed E-state index contributed by atoms with van der Waals surface area (Å²) < 4.78 is 1.86. The van der Waals surface area contributed by atoms with E-state index >= 15 is 0 Å². The molecule has 14 heteroatoms. The number of hydrogen-bond donors (Lipinski definition) is 4. The second kappa shape index (κ2) is 14.2. The van der Waals surface area contributed by atoms with Crippen LogP contribution in [-0.4, -0.2) is 68.4 Å². The van der Waals surface area contributed by atoms with Crippen molar-refractivity contribution in [2.45, 2.75) is 65.2 Å². The molecule has 0 saturated carbocycles. The number of benzene rings is 2. The average Bonchev–Trinajstić information content (AvgIpc) is 3.78. The van der Waals surface area contributed by atoms with Crippen LogP contribution in [0.2, 0.25) is 5.02 Å². The molecule has 2 aromatic carbocycles. The Hall–Kier alpha value is -5.58. The minimum absolute atomic E-state index is 0.187. The number of aromatic nitrogens is 2. The average molecular weight is 734 g/mol. The molecule has 1 saturated heterocycles. The Balaban J connectivity index is 1.01. The lowest BCUT2D eigenvalue weighted by Crippen LogP contribution is -2.52. The smallest absolute Gasteiger partial charge is 0.255 e. The second-order valence-corrected chi connectivity index (χ2v) is 14.4. The standard InChI is InChI=1S/C38H36ClN9O3S/c1-21-31(52-38-33(21)34(25-6-8-27(39)9-7-25)44-22(2)35(41)48(38)23(3)40)13-5-24-18-43-46(19-24)16-4-15-42-28-10-11-29-26(17-28)20-47(37(29)51)30-12-14-32(49)45-36(30)50/h6-11,17-19,22,30,40-42H,4,12,14-16,20H2,1-3H3,(H,45,49,50)/t22-,30?/m0/s1. The number of carbonyl (C=O) groups excluding carboxylic acids is 3. The van der Waals surface area contributed by atoms with Crippen molar-refractivity contribution in [3.8, 4) is 11.8 Å². The summed E-state index contributed by atoms with van der Waals surface area (Å²) in [6.45, 7) is 7.23. The first-order valence-corrected chi connectivity index (χ1v) is 18.1. The van der Waals surface area contributed by atoms with Crippen LogP contribution in [0.15, 0.2) is 59.9 Å². The number of anilines is 2. The maximum atomic E-state index is 13.0. The van der Waals surface area contributed by atoms with Crippen molar-refractivity contribution in [2.24, 2.45) is 4.99 Å². The number of halogens is 1. The van der Waals surface area contributed by atoms with Crippen molar-refractivity contribution in [2.75, 3.05) is 16.8 Å². The molecule has 1 unspecified atom stereocenters. The number of hydrogen-bond acceptors (Lipinski definition) is 9. The lowest BCUT2D eigenvalue weighted by molar-refractivity contribution is -0.136. The normalized spacial score (nSPS) is 18.3. The van der Waals surface area contributed by atoms with Crippen LogP contribution in [0.1, 0.15) is 76.2 Å². The summed E-state index contributed by atoms with van der Waals surface area (Å²) in [5, 5.41) is 29.0. The number of rotatable bonds is 7. The van der Waals surface area contributed by atoms with E-state index in [4.69, 9.17) is 27.4 Å². The van der Waals surface area contributed by atoms with E-state index in [-0.39, 0.29) is 29.9 Å². The molecule has 0 spiro atoms. The number of thiophene rings is 1. The summed E-state index contributed by atoms with van der Waals surface area (Å²) in [6, 6.07) is 12.0. The van der Waals surface area contributed by atoms with Gasteiger partial charge in [-0.3, -0.25) is 45.1 Å². The fourth-order valence-electron chi connectivity index (χ4n) is 6.67. The molecule has 2 atom stereocenters. The number of piperidine rings is 1. The first-order chi connectivity index (χ1) is 25.0. The van der Waals surface area contributed by atoms with E-state index in [1.165, 1.54) is 11.3 Å². The number of aryl methyl sites for hydroxylation is 1. The third kappa shape index (κ3) is 6.75. The molecular formula is C38H36ClN9O3S. The van der Waals surface area contributed by atoms with Gasteiger partial charge in [-0.2, -0.15) is 5.10 Å². The summed E-state index contributed by atoms with van der Waals surface area (Å²) in [5.74, 6) is 6.14. The third-order valence-electron chi connectivity index (χ3n) is 9.35. The van der Waals surface area contributed by atoms with Gasteiger partial charge in [0.1, 0.15) is 28.8 Å². The Morgan fingerprint density at radius 3 is 2.69 bits per heavy atom. The number of imide groups is 1. The summed E-state index contributed by atoms with van der Waals surface area (Å²) in [5.41, 5.74) is 6.53. The summed E-state index contributed by atoms with van der Waals surface area (Å²) >= 11 is 7.64. The molecule has 5 heterocycles. The van der Waals surface area contributed by atoms with Crippen molar-refractivity contribution in [1.29, 1.82) is 10.8 Å². The van der Waals surface area contributed by atoms with Crippen molar-refractivity contribution >= 4 is 68.7 Å². The van der Waals surface area contributed by atoms with Gasteiger partial charge in [-0.05, 0) is 75.1 Å². The molecule has 12 nitrogen and oxygen atoms in total. The molecule has 0 aliphatic carbocycles. The van der Waals surface area contributed by atoms with E-state index in [1.54, 1.807) is 29.0 Å². The molecule has 3 aliphatic rings. The highest BCUT2D eigenvalue weighted by atomic mass is 35.5. The highest BCUT2D eigenvalue weighted by Crippen LogP contribution is 2.40. The predicted octanol–water partition coefficient (Wildman–Crippen LogP) is 5.59. The fourth-order valence-corrected chi connectivity index (χ4v) is 8.02. The van der Waals surface area contributed by atoms with E-state index in [1.807, 2.05) is 61.1 Å². The number of nitrogens with one attached hydrogen (secondary N) is 4. The minimum Gasteiger partial charge on any atom is -0.385 e. The van der Waals surface area contributed by atoms with Gasteiger partial charge < -0.3 is 10.2 Å². The molecule has 2 aromatic heterocycles. The van der Waals surface area contributed by atoms with Gasteiger partial charge in [0.05, 0.1) is 22.3 Å². The Bertz CT molecular complexity index is 2240. The molecular weight excluding hydrogens is 698 g/mol. The Labute approximate surface area is 309 Å². The highest BCUT2D eigenvalue weighted by molar-refractivity contribution is 7.17. The van der Waals surface area contributed by atoms with E-state index in [9.17, 15) is 14.4 Å². The number of carbonyl (C=O) groups is 3. The van der Waals surface area contributed by atoms with Crippen molar-refractivity contribution < 1.29 is 14.4 Å². The molecule has 1 fully saturated rings. The zero-order chi connectivity index (χ0) is 36.7. The van der Waals surface area contributed by atoms with E-state index in [0.717, 1.165) is 55.5 Å². The quantitative estimate of drug-likeness (QED) is 0.0637. The van der Waals surface area contributed by atoms with Crippen LogP contribution in [-0.2, 0) is 22.7 Å². The van der Waals surface area contributed by atoms with Crippen LogP contribution >= 0.6 is 22.9 Å². The highest BCUT2D eigenvalue weighted by Gasteiger charge is 2.39. The zero-order valence-electron chi connectivity index (χ0n) is 28.8. The van der Waals surface area contributed by atoms with Crippen molar-refractivity contribution in [3.63, 3.8) is 0 Å².